The van der Waals surface area contributed by atoms with Crippen LogP contribution in [-0.4, -0.2) is 23.9 Å². The fourth-order valence-electron chi connectivity index (χ4n) is 0.589. The standard InChI is InChI=1S/C3H6OS.C3H6S2/c2*1-2-4-5-3-1/h2*1-3H2. The fraction of sp³-hybridized carbons (Fsp3) is 1.00. The lowest BCUT2D eigenvalue weighted by molar-refractivity contribution is 0.404. The molecule has 0 aromatic carbocycles. The minimum absolute atomic E-state index is 0.963. The van der Waals surface area contributed by atoms with Crippen LogP contribution in [0, 0.1) is 0 Å². The van der Waals surface area contributed by atoms with Gasteiger partial charge in [-0.15, -0.1) is 0 Å². The average molecular weight is 196 g/mol. The highest BCUT2D eigenvalue weighted by Crippen LogP contribution is 2.29. The second-order valence-electron chi connectivity index (χ2n) is 2.00. The molecule has 60 valence electrons. The van der Waals surface area contributed by atoms with E-state index < -0.39 is 0 Å². The van der Waals surface area contributed by atoms with E-state index in [0.29, 0.717) is 0 Å². The van der Waals surface area contributed by atoms with E-state index in [0.717, 1.165) is 6.61 Å². The Morgan fingerprint density at radius 3 is 1.90 bits per heavy atom. The van der Waals surface area contributed by atoms with Gasteiger partial charge in [0.25, 0.3) is 0 Å². The van der Waals surface area contributed by atoms with Crippen molar-refractivity contribution in [3.8, 4) is 0 Å². The predicted molar refractivity (Wildman–Crippen MR) is 52.6 cm³/mol. The van der Waals surface area contributed by atoms with Crippen LogP contribution in [0.5, 0.6) is 0 Å². The van der Waals surface area contributed by atoms with Gasteiger partial charge in [-0.05, 0) is 24.9 Å². The lowest BCUT2D eigenvalue weighted by Gasteiger charge is -1.74. The maximum atomic E-state index is 4.86. The van der Waals surface area contributed by atoms with Gasteiger partial charge >= 0.3 is 0 Å². The van der Waals surface area contributed by atoms with E-state index >= 15 is 0 Å². The Hall–Kier alpha value is 1.01. The minimum Gasteiger partial charge on any atom is -0.315 e. The van der Waals surface area contributed by atoms with Crippen molar-refractivity contribution in [1.82, 2.24) is 0 Å². The van der Waals surface area contributed by atoms with Gasteiger partial charge in [-0.1, -0.05) is 21.6 Å². The molecule has 0 N–H and O–H groups in total. The first-order valence-electron chi connectivity index (χ1n) is 3.49. The van der Waals surface area contributed by atoms with Gasteiger partial charge in [-0.25, -0.2) is 0 Å². The van der Waals surface area contributed by atoms with Gasteiger partial charge in [0.05, 0.1) is 6.61 Å². The summed E-state index contributed by atoms with van der Waals surface area (Å²) in [6, 6.07) is 0. The Morgan fingerprint density at radius 1 is 0.900 bits per heavy atom. The van der Waals surface area contributed by atoms with Gasteiger partial charge in [0.15, 0.2) is 0 Å². The lowest BCUT2D eigenvalue weighted by Crippen LogP contribution is -1.69. The summed E-state index contributed by atoms with van der Waals surface area (Å²) in [6.07, 6.45) is 2.67. The highest BCUT2D eigenvalue weighted by atomic mass is 33.1. The third-order valence-electron chi connectivity index (χ3n) is 1.08. The first-order valence-corrected chi connectivity index (χ1v) is 6.89. The molecular weight excluding hydrogens is 184 g/mol. The van der Waals surface area contributed by atoms with Crippen molar-refractivity contribution < 1.29 is 4.18 Å². The van der Waals surface area contributed by atoms with E-state index in [-0.39, 0.29) is 0 Å². The van der Waals surface area contributed by atoms with Gasteiger partial charge in [-0.2, -0.15) is 0 Å². The normalized spacial score (nSPS) is 24.0. The van der Waals surface area contributed by atoms with Crippen molar-refractivity contribution in [2.45, 2.75) is 12.8 Å². The van der Waals surface area contributed by atoms with Crippen LogP contribution in [0.2, 0.25) is 0 Å². The maximum absolute atomic E-state index is 4.86. The molecule has 2 fully saturated rings. The quantitative estimate of drug-likeness (QED) is 0.435. The Labute approximate surface area is 74.6 Å². The lowest BCUT2D eigenvalue weighted by atomic mass is 10.5. The molecule has 0 atom stereocenters. The monoisotopic (exact) mass is 196 g/mol. The molecule has 0 aliphatic carbocycles. The summed E-state index contributed by atoms with van der Waals surface area (Å²) >= 11 is 1.57. The summed E-state index contributed by atoms with van der Waals surface area (Å²) in [7, 11) is 3.98. The molecule has 2 heterocycles. The number of hydrogen-bond acceptors (Lipinski definition) is 4. The molecule has 0 bridgehead atoms. The summed E-state index contributed by atoms with van der Waals surface area (Å²) in [5.74, 6) is 3.95. The Bertz CT molecular complexity index is 46.2. The zero-order chi connectivity index (χ0) is 7.07. The largest absolute Gasteiger partial charge is 0.315 e. The van der Waals surface area contributed by atoms with Gasteiger partial charge in [-0.3, -0.25) is 0 Å². The van der Waals surface area contributed by atoms with Crippen molar-refractivity contribution >= 4 is 33.6 Å². The number of hydrogen-bond donors (Lipinski definition) is 0. The molecule has 2 saturated heterocycles. The Balaban J connectivity index is 0.0000001000. The highest BCUT2D eigenvalue weighted by molar-refractivity contribution is 8.77. The topological polar surface area (TPSA) is 9.23 Å². The van der Waals surface area contributed by atoms with Crippen LogP contribution in [0.4, 0.5) is 0 Å². The van der Waals surface area contributed by atoms with Gasteiger partial charge < -0.3 is 4.18 Å². The van der Waals surface area contributed by atoms with Crippen LogP contribution < -0.4 is 0 Å². The first kappa shape index (κ1) is 9.10. The van der Waals surface area contributed by atoms with E-state index in [4.69, 9.17) is 4.18 Å². The Morgan fingerprint density at radius 2 is 1.70 bits per heavy atom. The van der Waals surface area contributed by atoms with Crippen molar-refractivity contribution in [3.63, 3.8) is 0 Å². The summed E-state index contributed by atoms with van der Waals surface area (Å²) in [5.41, 5.74) is 0. The summed E-state index contributed by atoms with van der Waals surface area (Å²) in [5, 5.41) is 0. The SMILES string of the molecule is C1COSC1.C1CSSC1. The van der Waals surface area contributed by atoms with Crippen LogP contribution in [0.25, 0.3) is 0 Å². The zero-order valence-corrected chi connectivity index (χ0v) is 8.33. The van der Waals surface area contributed by atoms with Crippen molar-refractivity contribution in [1.29, 1.82) is 0 Å². The van der Waals surface area contributed by atoms with Crippen molar-refractivity contribution in [2.24, 2.45) is 0 Å². The molecule has 0 spiro atoms. The second kappa shape index (κ2) is 6.70. The van der Waals surface area contributed by atoms with Crippen molar-refractivity contribution in [3.05, 3.63) is 0 Å². The summed E-state index contributed by atoms with van der Waals surface area (Å²) in [4.78, 5) is 0. The molecule has 0 saturated carbocycles. The predicted octanol–water partition coefficient (Wildman–Crippen LogP) is 2.83. The minimum atomic E-state index is 0.963. The summed E-state index contributed by atoms with van der Waals surface area (Å²) in [6.45, 7) is 0.963. The Kier molecular flexibility index (Phi) is 6.10. The molecule has 4 heteroatoms. The van der Waals surface area contributed by atoms with Gasteiger partial charge in [0.1, 0.15) is 0 Å². The molecule has 1 nitrogen and oxygen atoms in total. The van der Waals surface area contributed by atoms with Crippen LogP contribution in [-0.2, 0) is 4.18 Å². The molecule has 0 aromatic rings. The van der Waals surface area contributed by atoms with E-state index in [9.17, 15) is 0 Å². The third kappa shape index (κ3) is 4.77. The van der Waals surface area contributed by atoms with E-state index in [2.05, 4.69) is 0 Å². The van der Waals surface area contributed by atoms with E-state index in [1.54, 1.807) is 12.0 Å². The smallest absolute Gasteiger partial charge is 0.0622 e. The van der Waals surface area contributed by atoms with Crippen LogP contribution in [0.15, 0.2) is 0 Å². The molecule has 2 rings (SSSR count). The third-order valence-corrected chi connectivity index (χ3v) is 4.44. The van der Waals surface area contributed by atoms with E-state index in [1.165, 1.54) is 30.1 Å². The fourth-order valence-corrected chi connectivity index (χ4v) is 3.54. The highest BCUT2D eigenvalue weighted by Gasteiger charge is 1.96. The average Bonchev–Trinajstić information content (AvgIpc) is 2.67. The van der Waals surface area contributed by atoms with Gasteiger partial charge in [0.2, 0.25) is 0 Å². The molecular formula is C6H12OS3. The van der Waals surface area contributed by atoms with Crippen LogP contribution in [0.3, 0.4) is 0 Å². The molecule has 2 aliphatic rings. The van der Waals surface area contributed by atoms with Crippen LogP contribution >= 0.6 is 33.6 Å². The van der Waals surface area contributed by atoms with E-state index in [1.807, 2.05) is 21.6 Å². The molecule has 0 amide bonds. The van der Waals surface area contributed by atoms with Crippen LogP contribution in [0.1, 0.15) is 12.8 Å². The zero-order valence-electron chi connectivity index (χ0n) is 5.88. The first-order chi connectivity index (χ1) is 5.00. The molecule has 10 heavy (non-hydrogen) atoms. The van der Waals surface area contributed by atoms with Gasteiger partial charge in [0, 0.05) is 17.3 Å². The number of rotatable bonds is 0. The summed E-state index contributed by atoms with van der Waals surface area (Å²) < 4.78 is 4.86. The molecule has 0 radical (unpaired) electrons. The second-order valence-corrected chi connectivity index (χ2v) is 5.58. The molecule has 0 unspecified atom stereocenters. The van der Waals surface area contributed by atoms with Crippen molar-refractivity contribution in [2.75, 3.05) is 23.9 Å². The molecule has 0 aromatic heterocycles. The maximum Gasteiger partial charge on any atom is 0.0622 e. The molecule has 2 aliphatic heterocycles.